The summed E-state index contributed by atoms with van der Waals surface area (Å²) in [6.07, 6.45) is 1.07. The van der Waals surface area contributed by atoms with Crippen LogP contribution in [-0.4, -0.2) is 18.3 Å². The van der Waals surface area contributed by atoms with Crippen molar-refractivity contribution in [1.29, 1.82) is 0 Å². The van der Waals surface area contributed by atoms with Gasteiger partial charge >= 0.3 is 0 Å². The van der Waals surface area contributed by atoms with Crippen molar-refractivity contribution in [1.82, 2.24) is 10.5 Å². The van der Waals surface area contributed by atoms with Gasteiger partial charge in [-0.1, -0.05) is 25.9 Å². The van der Waals surface area contributed by atoms with Gasteiger partial charge in [-0.3, -0.25) is 0 Å². The van der Waals surface area contributed by atoms with E-state index in [0.29, 0.717) is 5.92 Å². The molecule has 0 aliphatic heterocycles. The van der Waals surface area contributed by atoms with Crippen molar-refractivity contribution in [2.45, 2.75) is 33.7 Å². The molecule has 0 radical (unpaired) electrons. The van der Waals surface area contributed by atoms with E-state index in [4.69, 9.17) is 9.26 Å². The molecule has 0 atom stereocenters. The van der Waals surface area contributed by atoms with Crippen LogP contribution in [0.4, 0.5) is 0 Å². The maximum Gasteiger partial charge on any atom is 0.167 e. The molecule has 1 heterocycles. The molecule has 4 heteroatoms. The third kappa shape index (κ3) is 4.90. The Hall–Kier alpha value is -1.81. The minimum atomic E-state index is 0.661. The van der Waals surface area contributed by atoms with E-state index < -0.39 is 0 Å². The smallest absolute Gasteiger partial charge is 0.167 e. The van der Waals surface area contributed by atoms with Gasteiger partial charge in [-0.15, -0.1) is 0 Å². The van der Waals surface area contributed by atoms with E-state index in [2.05, 4.69) is 31.2 Å². The summed E-state index contributed by atoms with van der Waals surface area (Å²) in [6.45, 7) is 8.87. The Morgan fingerprint density at radius 1 is 1.24 bits per heavy atom. The lowest BCUT2D eigenvalue weighted by atomic mass is 10.1. The molecule has 1 N–H and O–H groups in total. The zero-order chi connectivity index (χ0) is 15.1. The van der Waals surface area contributed by atoms with Gasteiger partial charge in [-0.05, 0) is 43.1 Å². The molecule has 1 aromatic carbocycles. The predicted molar refractivity (Wildman–Crippen MR) is 84.3 cm³/mol. The molecular formula is C17H24N2O2. The molecule has 4 nitrogen and oxygen atoms in total. The monoisotopic (exact) mass is 288 g/mol. The maximum absolute atomic E-state index is 5.71. The summed E-state index contributed by atoms with van der Waals surface area (Å²) in [4.78, 5) is 0. The molecule has 0 fully saturated rings. The van der Waals surface area contributed by atoms with E-state index in [0.717, 1.165) is 48.9 Å². The molecule has 21 heavy (non-hydrogen) atoms. The molecule has 0 aliphatic rings. The highest BCUT2D eigenvalue weighted by Gasteiger charge is 2.06. The molecular weight excluding hydrogens is 264 g/mol. The fraction of sp³-hybridized carbons (Fsp3) is 0.471. The van der Waals surface area contributed by atoms with Gasteiger partial charge in [-0.25, -0.2) is 0 Å². The molecule has 0 bridgehead atoms. The fourth-order valence-electron chi connectivity index (χ4n) is 1.91. The highest BCUT2D eigenvalue weighted by Crippen LogP contribution is 2.23. The van der Waals surface area contributed by atoms with Gasteiger partial charge in [-0.2, -0.15) is 0 Å². The molecule has 0 aliphatic carbocycles. The topological polar surface area (TPSA) is 47.3 Å². The zero-order valence-corrected chi connectivity index (χ0v) is 13.1. The second-order valence-corrected chi connectivity index (χ2v) is 5.52. The number of nitrogens with zero attached hydrogens (tertiary/aromatic N) is 1. The second kappa shape index (κ2) is 7.84. The first kappa shape index (κ1) is 15.6. The first-order valence-electron chi connectivity index (χ1n) is 7.58. The SMILES string of the molecule is CCNCc1cc(-c2ccc(OCCC(C)C)cc2)on1. The van der Waals surface area contributed by atoms with Crippen molar-refractivity contribution in [2.75, 3.05) is 13.2 Å². The Morgan fingerprint density at radius 3 is 2.67 bits per heavy atom. The minimum Gasteiger partial charge on any atom is -0.494 e. The standard InChI is InChI=1S/C17H24N2O2/c1-4-18-12-15-11-17(21-19-15)14-5-7-16(8-6-14)20-10-9-13(2)3/h5-8,11,13,18H,4,9-10,12H2,1-3H3. The van der Waals surface area contributed by atoms with Crippen LogP contribution in [0.3, 0.4) is 0 Å². The van der Waals surface area contributed by atoms with Gasteiger partial charge < -0.3 is 14.6 Å². The Balaban J connectivity index is 1.93. The normalized spacial score (nSPS) is 11.0. The molecule has 0 unspecified atom stereocenters. The summed E-state index contributed by atoms with van der Waals surface area (Å²) >= 11 is 0. The van der Waals surface area contributed by atoms with Crippen molar-refractivity contribution in [3.05, 3.63) is 36.0 Å². The average molecular weight is 288 g/mol. The Kier molecular flexibility index (Phi) is 5.81. The molecule has 114 valence electrons. The number of ether oxygens (including phenoxy) is 1. The number of hydrogen-bond acceptors (Lipinski definition) is 4. The van der Waals surface area contributed by atoms with Crippen LogP contribution in [0.1, 0.15) is 32.9 Å². The highest BCUT2D eigenvalue weighted by molar-refractivity contribution is 5.58. The summed E-state index contributed by atoms with van der Waals surface area (Å²) in [5.74, 6) is 2.34. The summed E-state index contributed by atoms with van der Waals surface area (Å²) in [7, 11) is 0. The van der Waals surface area contributed by atoms with Crippen LogP contribution in [0.25, 0.3) is 11.3 Å². The van der Waals surface area contributed by atoms with Crippen LogP contribution in [0.5, 0.6) is 5.75 Å². The number of hydrogen-bond donors (Lipinski definition) is 1. The van der Waals surface area contributed by atoms with Crippen molar-refractivity contribution in [3.8, 4) is 17.1 Å². The van der Waals surface area contributed by atoms with Gasteiger partial charge in [0.2, 0.25) is 0 Å². The van der Waals surface area contributed by atoms with E-state index in [9.17, 15) is 0 Å². The summed E-state index contributed by atoms with van der Waals surface area (Å²) in [5.41, 5.74) is 1.94. The second-order valence-electron chi connectivity index (χ2n) is 5.52. The molecule has 0 saturated heterocycles. The third-order valence-corrected chi connectivity index (χ3v) is 3.22. The lowest BCUT2D eigenvalue weighted by Crippen LogP contribution is -2.11. The highest BCUT2D eigenvalue weighted by atomic mass is 16.5. The van der Waals surface area contributed by atoms with Crippen molar-refractivity contribution < 1.29 is 9.26 Å². The van der Waals surface area contributed by atoms with Gasteiger partial charge in [0.15, 0.2) is 5.76 Å². The molecule has 0 saturated carbocycles. The first-order valence-corrected chi connectivity index (χ1v) is 7.58. The van der Waals surface area contributed by atoms with Crippen molar-refractivity contribution in [3.63, 3.8) is 0 Å². The molecule has 2 rings (SSSR count). The maximum atomic E-state index is 5.71. The van der Waals surface area contributed by atoms with E-state index in [1.807, 2.05) is 30.3 Å². The summed E-state index contributed by atoms with van der Waals surface area (Å²) in [6, 6.07) is 9.92. The minimum absolute atomic E-state index is 0.661. The van der Waals surface area contributed by atoms with Crippen molar-refractivity contribution in [2.24, 2.45) is 5.92 Å². The number of nitrogens with one attached hydrogen (secondary N) is 1. The van der Waals surface area contributed by atoms with Crippen LogP contribution in [-0.2, 0) is 6.54 Å². The predicted octanol–water partition coefficient (Wildman–Crippen LogP) is 3.88. The first-order chi connectivity index (χ1) is 10.2. The summed E-state index contributed by atoms with van der Waals surface area (Å²) < 4.78 is 11.1. The van der Waals surface area contributed by atoms with Gasteiger partial charge in [0.1, 0.15) is 5.75 Å². The van der Waals surface area contributed by atoms with Crippen LogP contribution in [0.15, 0.2) is 34.9 Å². The van der Waals surface area contributed by atoms with E-state index >= 15 is 0 Å². The van der Waals surface area contributed by atoms with Crippen LogP contribution < -0.4 is 10.1 Å². The Labute approximate surface area is 126 Å². The van der Waals surface area contributed by atoms with E-state index in [-0.39, 0.29) is 0 Å². The van der Waals surface area contributed by atoms with Crippen molar-refractivity contribution >= 4 is 0 Å². The van der Waals surface area contributed by atoms with E-state index in [1.54, 1.807) is 0 Å². The quantitative estimate of drug-likeness (QED) is 0.801. The summed E-state index contributed by atoms with van der Waals surface area (Å²) in [5, 5.41) is 7.28. The molecule has 0 amide bonds. The molecule has 1 aromatic heterocycles. The lowest BCUT2D eigenvalue weighted by molar-refractivity contribution is 0.289. The number of rotatable bonds is 8. The Morgan fingerprint density at radius 2 is 2.00 bits per heavy atom. The third-order valence-electron chi connectivity index (χ3n) is 3.22. The van der Waals surface area contributed by atoms with Crippen LogP contribution in [0, 0.1) is 5.92 Å². The van der Waals surface area contributed by atoms with Gasteiger partial charge in [0.05, 0.1) is 12.3 Å². The molecule has 2 aromatic rings. The number of aromatic nitrogens is 1. The fourth-order valence-corrected chi connectivity index (χ4v) is 1.91. The largest absolute Gasteiger partial charge is 0.494 e. The van der Waals surface area contributed by atoms with Gasteiger partial charge in [0.25, 0.3) is 0 Å². The lowest BCUT2D eigenvalue weighted by Gasteiger charge is -2.08. The molecule has 0 spiro atoms. The van der Waals surface area contributed by atoms with Crippen LogP contribution >= 0.6 is 0 Å². The zero-order valence-electron chi connectivity index (χ0n) is 13.1. The average Bonchev–Trinajstić information content (AvgIpc) is 2.94. The van der Waals surface area contributed by atoms with Crippen LogP contribution in [0.2, 0.25) is 0 Å². The Bertz CT molecular complexity index is 532. The van der Waals surface area contributed by atoms with E-state index in [1.165, 1.54) is 0 Å². The number of benzene rings is 1. The van der Waals surface area contributed by atoms with Gasteiger partial charge in [0, 0.05) is 18.2 Å².